The molecule has 0 saturated carbocycles. The van der Waals surface area contributed by atoms with E-state index in [9.17, 15) is 10.1 Å². The molecular formula is C18H13Cl2N3O3. The van der Waals surface area contributed by atoms with Crippen LogP contribution in [0.2, 0.25) is 10.0 Å². The Kier molecular flexibility index (Phi) is 5.52. The average molecular weight is 390 g/mol. The number of benzene rings is 2. The molecule has 0 bridgehead atoms. The molecule has 1 aliphatic heterocycles. The normalized spacial score (nSPS) is 12.4. The van der Waals surface area contributed by atoms with Crippen molar-refractivity contribution in [2.75, 3.05) is 12.1 Å². The number of hydrogen-bond donors (Lipinski definition) is 2. The number of ether oxygens (including phenoxy) is 2. The number of rotatable bonds is 5. The summed E-state index contributed by atoms with van der Waals surface area (Å²) >= 11 is 11.9. The van der Waals surface area contributed by atoms with Gasteiger partial charge < -0.3 is 20.1 Å². The molecule has 0 atom stereocenters. The zero-order valence-electron chi connectivity index (χ0n) is 13.4. The van der Waals surface area contributed by atoms with Crippen molar-refractivity contribution >= 4 is 34.8 Å². The van der Waals surface area contributed by atoms with Gasteiger partial charge in [0, 0.05) is 12.7 Å². The lowest BCUT2D eigenvalue weighted by Gasteiger charge is -2.08. The Morgan fingerprint density at radius 1 is 1.23 bits per heavy atom. The summed E-state index contributed by atoms with van der Waals surface area (Å²) in [5, 5.41) is 15.2. The highest BCUT2D eigenvalue weighted by molar-refractivity contribution is 6.44. The second-order valence-electron chi connectivity index (χ2n) is 5.29. The van der Waals surface area contributed by atoms with Gasteiger partial charge in [0.15, 0.2) is 11.5 Å². The zero-order valence-corrected chi connectivity index (χ0v) is 14.9. The first-order valence-corrected chi connectivity index (χ1v) is 8.31. The molecule has 1 heterocycles. The number of anilines is 1. The second kappa shape index (κ2) is 8.00. The van der Waals surface area contributed by atoms with Crippen LogP contribution in [0, 0.1) is 11.3 Å². The van der Waals surface area contributed by atoms with E-state index in [1.807, 2.05) is 24.3 Å². The summed E-state index contributed by atoms with van der Waals surface area (Å²) in [5.41, 5.74) is 1.16. The minimum absolute atomic E-state index is 0.0956. The molecule has 2 N–H and O–H groups in total. The molecule has 0 spiro atoms. The first-order valence-electron chi connectivity index (χ1n) is 7.56. The number of carbonyl (C=O) groups excluding carboxylic acids is 1. The molecule has 6 nitrogen and oxygen atoms in total. The van der Waals surface area contributed by atoms with Crippen LogP contribution in [0.5, 0.6) is 11.5 Å². The van der Waals surface area contributed by atoms with Gasteiger partial charge in [0.2, 0.25) is 6.79 Å². The van der Waals surface area contributed by atoms with E-state index >= 15 is 0 Å². The van der Waals surface area contributed by atoms with Gasteiger partial charge in [-0.05, 0) is 29.8 Å². The molecule has 132 valence electrons. The van der Waals surface area contributed by atoms with Gasteiger partial charge in [0.05, 0.1) is 15.7 Å². The molecule has 8 heteroatoms. The molecule has 0 aromatic heterocycles. The quantitative estimate of drug-likeness (QED) is 0.599. The maximum atomic E-state index is 12.2. The van der Waals surface area contributed by atoms with E-state index in [2.05, 4.69) is 10.6 Å². The molecular weight excluding hydrogens is 377 g/mol. The number of hydrogen-bond acceptors (Lipinski definition) is 5. The molecule has 3 rings (SSSR count). The molecule has 0 unspecified atom stereocenters. The van der Waals surface area contributed by atoms with Crippen LogP contribution >= 0.6 is 23.2 Å². The molecule has 2 aromatic carbocycles. The van der Waals surface area contributed by atoms with Gasteiger partial charge >= 0.3 is 0 Å². The van der Waals surface area contributed by atoms with Crippen molar-refractivity contribution in [1.82, 2.24) is 5.32 Å². The Labute approximate surface area is 159 Å². The fraction of sp³-hybridized carbons (Fsp3) is 0.111. The molecule has 0 saturated heterocycles. The van der Waals surface area contributed by atoms with E-state index in [4.69, 9.17) is 32.7 Å². The van der Waals surface area contributed by atoms with Crippen molar-refractivity contribution in [3.05, 3.63) is 63.8 Å². The predicted molar refractivity (Wildman–Crippen MR) is 98.2 cm³/mol. The highest BCUT2D eigenvalue weighted by atomic mass is 35.5. The van der Waals surface area contributed by atoms with Gasteiger partial charge in [-0.1, -0.05) is 35.3 Å². The second-order valence-corrected chi connectivity index (χ2v) is 6.08. The summed E-state index contributed by atoms with van der Waals surface area (Å²) in [4.78, 5) is 12.2. The van der Waals surface area contributed by atoms with E-state index in [1.165, 1.54) is 6.20 Å². The minimum atomic E-state index is -0.588. The Balaban J connectivity index is 1.63. The lowest BCUT2D eigenvalue weighted by atomic mass is 10.2. The Bertz CT molecular complexity index is 922. The van der Waals surface area contributed by atoms with E-state index in [1.54, 1.807) is 18.2 Å². The molecule has 0 radical (unpaired) electrons. The number of nitrogens with one attached hydrogen (secondary N) is 2. The summed E-state index contributed by atoms with van der Waals surface area (Å²) < 4.78 is 10.6. The number of nitrogens with zero attached hydrogens (tertiary/aromatic N) is 1. The number of nitriles is 1. The first-order chi connectivity index (χ1) is 12.6. The van der Waals surface area contributed by atoms with Crippen molar-refractivity contribution in [3.63, 3.8) is 0 Å². The van der Waals surface area contributed by atoms with Gasteiger partial charge in [-0.2, -0.15) is 5.26 Å². The van der Waals surface area contributed by atoms with Crippen LogP contribution in [-0.2, 0) is 11.3 Å². The average Bonchev–Trinajstić information content (AvgIpc) is 3.10. The Hall–Kier alpha value is -2.88. The fourth-order valence-corrected chi connectivity index (χ4v) is 2.61. The summed E-state index contributed by atoms with van der Waals surface area (Å²) in [6.45, 7) is 0.615. The van der Waals surface area contributed by atoms with Crippen molar-refractivity contribution in [1.29, 1.82) is 5.26 Å². The summed E-state index contributed by atoms with van der Waals surface area (Å²) in [6, 6.07) is 12.2. The molecule has 1 aliphatic rings. The van der Waals surface area contributed by atoms with Crippen LogP contribution in [0.3, 0.4) is 0 Å². The van der Waals surface area contributed by atoms with Crippen molar-refractivity contribution in [3.8, 4) is 17.6 Å². The van der Waals surface area contributed by atoms with Crippen LogP contribution in [0.25, 0.3) is 0 Å². The van der Waals surface area contributed by atoms with Gasteiger partial charge in [0.25, 0.3) is 5.91 Å². The van der Waals surface area contributed by atoms with Gasteiger partial charge in [-0.15, -0.1) is 0 Å². The summed E-state index contributed by atoms with van der Waals surface area (Å²) in [5.74, 6) is 0.775. The van der Waals surface area contributed by atoms with Crippen LogP contribution in [-0.4, -0.2) is 12.7 Å². The van der Waals surface area contributed by atoms with Crippen molar-refractivity contribution < 1.29 is 14.3 Å². The maximum absolute atomic E-state index is 12.2. The topological polar surface area (TPSA) is 83.4 Å². The molecule has 0 fully saturated rings. The van der Waals surface area contributed by atoms with Crippen molar-refractivity contribution in [2.24, 2.45) is 0 Å². The Morgan fingerprint density at radius 2 is 2.04 bits per heavy atom. The number of carbonyl (C=O) groups is 1. The van der Waals surface area contributed by atoms with E-state index in [0.29, 0.717) is 28.8 Å². The lowest BCUT2D eigenvalue weighted by Crippen LogP contribution is -2.17. The third-order valence-electron chi connectivity index (χ3n) is 3.55. The molecule has 26 heavy (non-hydrogen) atoms. The van der Waals surface area contributed by atoms with Crippen molar-refractivity contribution in [2.45, 2.75) is 6.54 Å². The zero-order chi connectivity index (χ0) is 18.5. The monoisotopic (exact) mass is 389 g/mol. The van der Waals surface area contributed by atoms with E-state index in [0.717, 1.165) is 5.56 Å². The fourth-order valence-electron chi connectivity index (χ4n) is 2.26. The van der Waals surface area contributed by atoms with E-state index < -0.39 is 5.91 Å². The molecule has 1 amide bonds. The highest BCUT2D eigenvalue weighted by Crippen LogP contribution is 2.32. The SMILES string of the molecule is N#C/C(=C/NCc1ccc2c(c1)OCO2)C(=O)Nc1cccc(Cl)c1Cl. The lowest BCUT2D eigenvalue weighted by molar-refractivity contribution is -0.112. The summed E-state index contributed by atoms with van der Waals surface area (Å²) in [6.07, 6.45) is 1.35. The van der Waals surface area contributed by atoms with Crippen LogP contribution < -0.4 is 20.1 Å². The number of amides is 1. The predicted octanol–water partition coefficient (Wildman–Crippen LogP) is 3.86. The van der Waals surface area contributed by atoms with Crippen LogP contribution in [0.4, 0.5) is 5.69 Å². The van der Waals surface area contributed by atoms with E-state index in [-0.39, 0.29) is 17.4 Å². The molecule has 0 aliphatic carbocycles. The summed E-state index contributed by atoms with van der Waals surface area (Å²) in [7, 11) is 0. The van der Waals surface area contributed by atoms with Gasteiger partial charge in [0.1, 0.15) is 11.6 Å². The number of halogens is 2. The Morgan fingerprint density at radius 3 is 2.85 bits per heavy atom. The first kappa shape index (κ1) is 17.9. The van der Waals surface area contributed by atoms with Crippen LogP contribution in [0.1, 0.15) is 5.56 Å². The molecule has 2 aromatic rings. The highest BCUT2D eigenvalue weighted by Gasteiger charge is 2.14. The third kappa shape index (κ3) is 4.02. The largest absolute Gasteiger partial charge is 0.454 e. The minimum Gasteiger partial charge on any atom is -0.454 e. The third-order valence-corrected chi connectivity index (χ3v) is 4.37. The number of fused-ring (bicyclic) bond motifs is 1. The maximum Gasteiger partial charge on any atom is 0.267 e. The van der Waals surface area contributed by atoms with Crippen LogP contribution in [0.15, 0.2) is 48.2 Å². The van der Waals surface area contributed by atoms with Gasteiger partial charge in [-0.25, -0.2) is 0 Å². The smallest absolute Gasteiger partial charge is 0.267 e. The standard InChI is InChI=1S/C18H13Cl2N3O3/c19-13-2-1-3-14(17(13)20)23-18(24)12(7-21)9-22-8-11-4-5-15-16(6-11)26-10-25-15/h1-6,9,22H,8,10H2,(H,23,24)/b12-9-. The van der Waals surface area contributed by atoms with Gasteiger partial charge in [-0.3, -0.25) is 4.79 Å².